The highest BCUT2D eigenvalue weighted by atomic mass is 16.3. The van der Waals surface area contributed by atoms with E-state index in [0.717, 1.165) is 61.8 Å². The average molecular weight is 311 g/mol. The molecule has 1 aliphatic rings. The molecule has 0 atom stereocenters. The third-order valence-electron chi connectivity index (χ3n) is 4.71. The van der Waals surface area contributed by atoms with Gasteiger partial charge >= 0.3 is 0 Å². The van der Waals surface area contributed by atoms with E-state index in [9.17, 15) is 0 Å². The highest BCUT2D eigenvalue weighted by Crippen LogP contribution is 2.29. The van der Waals surface area contributed by atoms with Crippen molar-refractivity contribution in [1.29, 1.82) is 0 Å². The zero-order chi connectivity index (χ0) is 15.6. The summed E-state index contributed by atoms with van der Waals surface area (Å²) in [6, 6.07) is 8.00. The van der Waals surface area contributed by atoms with Gasteiger partial charge in [-0.3, -0.25) is 0 Å². The van der Waals surface area contributed by atoms with Gasteiger partial charge in [0.05, 0.1) is 0 Å². The molecule has 0 saturated carbocycles. The smallest absolute Gasteiger partial charge is 0.198 e. The second kappa shape index (κ2) is 6.12. The number of oxazole rings is 1. The molecule has 4 rings (SSSR count). The predicted octanol–water partition coefficient (Wildman–Crippen LogP) is 2.61. The van der Waals surface area contributed by atoms with Gasteiger partial charge in [-0.25, -0.2) is 4.98 Å². The van der Waals surface area contributed by atoms with Gasteiger partial charge in [0.25, 0.3) is 0 Å². The van der Waals surface area contributed by atoms with Gasteiger partial charge in [-0.15, -0.1) is 10.2 Å². The normalized spacial score (nSPS) is 17.1. The first-order valence-corrected chi connectivity index (χ1v) is 8.22. The first-order chi connectivity index (χ1) is 11.3. The Morgan fingerprint density at radius 1 is 1.17 bits per heavy atom. The molecule has 1 saturated heterocycles. The number of nitrogens with zero attached hydrogens (tertiary/aromatic N) is 5. The second-order valence-electron chi connectivity index (χ2n) is 6.21. The minimum atomic E-state index is 0.440. The molecule has 6 heteroatoms. The third kappa shape index (κ3) is 2.99. The zero-order valence-corrected chi connectivity index (χ0v) is 13.4. The molecule has 0 bridgehead atoms. The minimum Gasteiger partial charge on any atom is -0.440 e. The van der Waals surface area contributed by atoms with Crippen LogP contribution in [-0.4, -0.2) is 44.3 Å². The van der Waals surface area contributed by atoms with Crippen LogP contribution in [-0.2, 0) is 6.54 Å². The van der Waals surface area contributed by atoms with Gasteiger partial charge in [-0.2, -0.15) is 0 Å². The number of likely N-dealkylation sites (tertiary alicyclic amines) is 1. The zero-order valence-electron chi connectivity index (χ0n) is 13.4. The Hall–Kier alpha value is -2.21. The number of piperidine rings is 1. The van der Waals surface area contributed by atoms with Crippen molar-refractivity contribution in [3.05, 3.63) is 42.3 Å². The largest absolute Gasteiger partial charge is 0.440 e. The van der Waals surface area contributed by atoms with Crippen LogP contribution in [0, 0.1) is 6.92 Å². The molecule has 1 fully saturated rings. The van der Waals surface area contributed by atoms with E-state index in [-0.39, 0.29) is 0 Å². The lowest BCUT2D eigenvalue weighted by Gasteiger charge is -2.30. The Kier molecular flexibility index (Phi) is 3.83. The van der Waals surface area contributed by atoms with Gasteiger partial charge in [0, 0.05) is 19.0 Å². The summed E-state index contributed by atoms with van der Waals surface area (Å²) in [5.74, 6) is 2.32. The lowest BCUT2D eigenvalue weighted by Crippen LogP contribution is -2.35. The topological polar surface area (TPSA) is 60.0 Å². The predicted molar refractivity (Wildman–Crippen MR) is 87.2 cm³/mol. The van der Waals surface area contributed by atoms with Crippen LogP contribution in [0.2, 0.25) is 0 Å². The third-order valence-corrected chi connectivity index (χ3v) is 4.71. The van der Waals surface area contributed by atoms with Crippen molar-refractivity contribution in [1.82, 2.24) is 24.6 Å². The van der Waals surface area contributed by atoms with Gasteiger partial charge in [0.2, 0.25) is 0 Å². The number of fused-ring (bicyclic) bond motifs is 1. The van der Waals surface area contributed by atoms with E-state index in [4.69, 9.17) is 4.42 Å². The molecule has 3 heterocycles. The molecule has 23 heavy (non-hydrogen) atoms. The summed E-state index contributed by atoms with van der Waals surface area (Å²) in [5, 5.41) is 7.96. The van der Waals surface area contributed by atoms with Crippen molar-refractivity contribution in [2.75, 3.05) is 19.6 Å². The van der Waals surface area contributed by atoms with E-state index in [2.05, 4.69) is 24.6 Å². The van der Waals surface area contributed by atoms with Crippen molar-refractivity contribution in [3.63, 3.8) is 0 Å². The van der Waals surface area contributed by atoms with Crippen LogP contribution >= 0.6 is 0 Å². The van der Waals surface area contributed by atoms with Crippen LogP contribution in [0.25, 0.3) is 11.1 Å². The molecule has 6 nitrogen and oxygen atoms in total. The number of aromatic nitrogens is 4. The number of para-hydroxylation sites is 2. The molecule has 3 aromatic rings. The van der Waals surface area contributed by atoms with Crippen LogP contribution in [0.5, 0.6) is 0 Å². The van der Waals surface area contributed by atoms with E-state index < -0.39 is 0 Å². The molecule has 2 aromatic heterocycles. The highest BCUT2D eigenvalue weighted by molar-refractivity contribution is 5.72. The Morgan fingerprint density at radius 3 is 2.74 bits per heavy atom. The van der Waals surface area contributed by atoms with Crippen molar-refractivity contribution < 1.29 is 4.42 Å². The summed E-state index contributed by atoms with van der Waals surface area (Å²) in [7, 11) is 0. The Balaban J connectivity index is 1.34. The Morgan fingerprint density at radius 2 is 2.00 bits per heavy atom. The van der Waals surface area contributed by atoms with E-state index in [1.807, 2.05) is 31.2 Å². The fourth-order valence-electron chi connectivity index (χ4n) is 3.25. The van der Waals surface area contributed by atoms with Gasteiger partial charge in [0.1, 0.15) is 17.7 Å². The van der Waals surface area contributed by atoms with Crippen molar-refractivity contribution in [3.8, 4) is 0 Å². The minimum absolute atomic E-state index is 0.440. The Bertz CT molecular complexity index is 752. The van der Waals surface area contributed by atoms with Crippen LogP contribution in [0.4, 0.5) is 0 Å². The molecule has 0 aliphatic carbocycles. The maximum atomic E-state index is 5.93. The van der Waals surface area contributed by atoms with Crippen molar-refractivity contribution >= 4 is 11.1 Å². The van der Waals surface area contributed by atoms with Crippen LogP contribution in [0.1, 0.15) is 30.5 Å². The fourth-order valence-corrected chi connectivity index (χ4v) is 3.25. The quantitative estimate of drug-likeness (QED) is 0.741. The maximum Gasteiger partial charge on any atom is 0.198 e. The number of hydrogen-bond acceptors (Lipinski definition) is 5. The van der Waals surface area contributed by atoms with Crippen LogP contribution in [0.3, 0.4) is 0 Å². The highest BCUT2D eigenvalue weighted by Gasteiger charge is 2.24. The fraction of sp³-hybridized carbons (Fsp3) is 0.471. The SMILES string of the molecule is Cc1nncn1CCN1CCC(c2nc3ccccc3o2)CC1. The van der Waals surface area contributed by atoms with Gasteiger partial charge in [-0.05, 0) is 45.0 Å². The van der Waals surface area contributed by atoms with Crippen LogP contribution < -0.4 is 0 Å². The first-order valence-electron chi connectivity index (χ1n) is 8.22. The standard InChI is InChI=1S/C17H21N5O/c1-13-20-18-12-22(13)11-10-21-8-6-14(7-9-21)17-19-15-4-2-3-5-16(15)23-17/h2-5,12,14H,6-11H2,1H3. The monoisotopic (exact) mass is 311 g/mol. The lowest BCUT2D eigenvalue weighted by atomic mass is 9.97. The maximum absolute atomic E-state index is 5.93. The molecular formula is C17H21N5O. The Labute approximate surface area is 135 Å². The molecule has 1 aromatic carbocycles. The number of rotatable bonds is 4. The molecule has 120 valence electrons. The summed E-state index contributed by atoms with van der Waals surface area (Å²) in [4.78, 5) is 7.15. The van der Waals surface area contributed by atoms with Crippen LogP contribution in [0.15, 0.2) is 35.0 Å². The number of benzene rings is 1. The average Bonchev–Trinajstić information content (AvgIpc) is 3.19. The van der Waals surface area contributed by atoms with E-state index in [1.165, 1.54) is 0 Å². The second-order valence-corrected chi connectivity index (χ2v) is 6.21. The summed E-state index contributed by atoms with van der Waals surface area (Å²) in [6.45, 7) is 6.16. The van der Waals surface area contributed by atoms with E-state index in [0.29, 0.717) is 5.92 Å². The molecular weight excluding hydrogens is 290 g/mol. The molecule has 0 amide bonds. The number of aryl methyl sites for hydroxylation is 1. The first kappa shape index (κ1) is 14.4. The molecule has 0 radical (unpaired) electrons. The molecule has 0 unspecified atom stereocenters. The van der Waals surface area contributed by atoms with Gasteiger partial charge < -0.3 is 13.9 Å². The van der Waals surface area contributed by atoms with Crippen molar-refractivity contribution in [2.24, 2.45) is 0 Å². The van der Waals surface area contributed by atoms with E-state index in [1.54, 1.807) is 6.33 Å². The summed E-state index contributed by atoms with van der Waals surface area (Å²) in [6.07, 6.45) is 4.02. The number of hydrogen-bond donors (Lipinski definition) is 0. The van der Waals surface area contributed by atoms with Crippen molar-refractivity contribution in [2.45, 2.75) is 32.2 Å². The molecule has 1 aliphatic heterocycles. The summed E-state index contributed by atoms with van der Waals surface area (Å²) >= 11 is 0. The van der Waals surface area contributed by atoms with Gasteiger partial charge in [0.15, 0.2) is 11.5 Å². The summed E-state index contributed by atoms with van der Waals surface area (Å²) in [5.41, 5.74) is 1.86. The van der Waals surface area contributed by atoms with Gasteiger partial charge in [-0.1, -0.05) is 12.1 Å². The lowest BCUT2D eigenvalue weighted by molar-refractivity contribution is 0.194. The van der Waals surface area contributed by atoms with E-state index >= 15 is 0 Å². The molecule has 0 spiro atoms. The molecule has 0 N–H and O–H groups in total. The summed E-state index contributed by atoms with van der Waals surface area (Å²) < 4.78 is 8.03.